The molecular formula is C26H23ClN6O. The van der Waals surface area contributed by atoms with Crippen LogP contribution in [0.3, 0.4) is 0 Å². The Hall–Kier alpha value is -3.84. The topological polar surface area (TPSA) is 85.1 Å². The fraction of sp³-hybridized carbons (Fsp3) is 0.192. The predicted molar refractivity (Wildman–Crippen MR) is 132 cm³/mol. The van der Waals surface area contributed by atoms with Crippen molar-refractivity contribution >= 4 is 23.2 Å². The molecule has 7 nitrogen and oxygen atoms in total. The molecule has 0 fully saturated rings. The number of aromatic nitrogens is 4. The van der Waals surface area contributed by atoms with Crippen LogP contribution < -0.4 is 5.32 Å². The first kappa shape index (κ1) is 22.0. The molecule has 5 rings (SSSR count). The van der Waals surface area contributed by atoms with Crippen LogP contribution in [0, 0.1) is 6.92 Å². The van der Waals surface area contributed by atoms with Crippen molar-refractivity contribution < 1.29 is 4.79 Å². The van der Waals surface area contributed by atoms with Gasteiger partial charge in [-0.25, -0.2) is 0 Å². The summed E-state index contributed by atoms with van der Waals surface area (Å²) < 4.78 is 2.00. The number of pyridine rings is 1. The summed E-state index contributed by atoms with van der Waals surface area (Å²) in [6, 6.07) is 17.3. The quantitative estimate of drug-likeness (QED) is 0.457. The van der Waals surface area contributed by atoms with Crippen LogP contribution in [-0.2, 0) is 4.79 Å². The molecule has 0 saturated heterocycles. The van der Waals surface area contributed by atoms with Gasteiger partial charge in [-0.2, -0.15) is 0 Å². The molecule has 0 radical (unpaired) electrons. The highest BCUT2D eigenvalue weighted by molar-refractivity contribution is 6.30. The third kappa shape index (κ3) is 4.10. The van der Waals surface area contributed by atoms with Crippen molar-refractivity contribution in [3.8, 4) is 16.8 Å². The number of halogens is 1. The van der Waals surface area contributed by atoms with E-state index in [1.165, 1.54) is 0 Å². The number of hydrogen-bond acceptors (Lipinski definition) is 5. The summed E-state index contributed by atoms with van der Waals surface area (Å²) >= 11 is 6.17. The standard InChI is InChI=1S/C26H23ClN6O/c1-3-29-24(34)14-22-26-32-31-16(2)33(26)23-11-8-18(19-5-4-12-28-15-19)13-21(23)25(30-22)17-6-9-20(27)10-7-17/h4-13,15,22H,3,14H2,1-2H3,(H,29,34)/t22-/m0/s1. The van der Waals surface area contributed by atoms with Gasteiger partial charge in [0, 0.05) is 40.7 Å². The van der Waals surface area contributed by atoms with Crippen LogP contribution >= 0.6 is 11.6 Å². The van der Waals surface area contributed by atoms with E-state index >= 15 is 0 Å². The van der Waals surface area contributed by atoms with E-state index in [-0.39, 0.29) is 12.3 Å². The van der Waals surface area contributed by atoms with E-state index < -0.39 is 6.04 Å². The zero-order chi connectivity index (χ0) is 23.7. The van der Waals surface area contributed by atoms with Crippen molar-refractivity contribution in [2.75, 3.05) is 6.54 Å². The predicted octanol–water partition coefficient (Wildman–Crippen LogP) is 4.71. The number of amides is 1. The number of hydrogen-bond donors (Lipinski definition) is 1. The lowest BCUT2D eigenvalue weighted by Crippen LogP contribution is -2.25. The number of benzene rings is 2. The highest BCUT2D eigenvalue weighted by Gasteiger charge is 2.29. The van der Waals surface area contributed by atoms with Gasteiger partial charge in [-0.05, 0) is 49.7 Å². The van der Waals surface area contributed by atoms with Gasteiger partial charge in [0.15, 0.2) is 5.82 Å². The molecule has 4 aromatic rings. The molecular weight excluding hydrogens is 448 g/mol. The molecule has 1 aliphatic rings. The Bertz CT molecular complexity index is 1380. The Morgan fingerprint density at radius 1 is 1.06 bits per heavy atom. The minimum Gasteiger partial charge on any atom is -0.356 e. The number of nitrogens with one attached hydrogen (secondary N) is 1. The van der Waals surface area contributed by atoms with Crippen molar-refractivity contribution in [1.82, 2.24) is 25.1 Å². The van der Waals surface area contributed by atoms with E-state index in [1.807, 2.05) is 61.0 Å². The van der Waals surface area contributed by atoms with E-state index in [4.69, 9.17) is 16.6 Å². The molecule has 0 saturated carbocycles. The number of carbonyl (C=O) groups excluding carboxylic acids is 1. The van der Waals surface area contributed by atoms with Crippen molar-refractivity contribution in [3.63, 3.8) is 0 Å². The molecule has 3 heterocycles. The summed E-state index contributed by atoms with van der Waals surface area (Å²) in [6.07, 6.45) is 3.77. The molecule has 0 unspecified atom stereocenters. The fourth-order valence-electron chi connectivity index (χ4n) is 4.23. The van der Waals surface area contributed by atoms with Crippen LogP contribution in [0.1, 0.15) is 42.2 Å². The monoisotopic (exact) mass is 470 g/mol. The molecule has 2 aromatic heterocycles. The summed E-state index contributed by atoms with van der Waals surface area (Å²) in [5.74, 6) is 1.29. The van der Waals surface area contributed by atoms with Crippen molar-refractivity contribution in [3.05, 3.63) is 94.8 Å². The minimum absolute atomic E-state index is 0.0825. The van der Waals surface area contributed by atoms with E-state index in [0.29, 0.717) is 17.4 Å². The molecule has 8 heteroatoms. The highest BCUT2D eigenvalue weighted by Crippen LogP contribution is 2.34. The highest BCUT2D eigenvalue weighted by atomic mass is 35.5. The zero-order valence-corrected chi connectivity index (χ0v) is 19.6. The molecule has 0 bridgehead atoms. The molecule has 1 aliphatic heterocycles. The Morgan fingerprint density at radius 2 is 1.85 bits per heavy atom. The van der Waals surface area contributed by atoms with Gasteiger partial charge in [0.25, 0.3) is 0 Å². The number of aliphatic imine (C=N–C) groups is 1. The van der Waals surface area contributed by atoms with Gasteiger partial charge >= 0.3 is 0 Å². The van der Waals surface area contributed by atoms with Gasteiger partial charge in [0.1, 0.15) is 11.9 Å². The summed E-state index contributed by atoms with van der Waals surface area (Å²) in [7, 11) is 0. The third-order valence-corrected chi connectivity index (χ3v) is 6.04. The van der Waals surface area contributed by atoms with Gasteiger partial charge in [-0.1, -0.05) is 35.9 Å². The Balaban J connectivity index is 1.75. The summed E-state index contributed by atoms with van der Waals surface area (Å²) in [6.45, 7) is 4.36. The number of carbonyl (C=O) groups is 1. The van der Waals surface area contributed by atoms with Crippen molar-refractivity contribution in [2.24, 2.45) is 4.99 Å². The Labute approximate surface area is 202 Å². The SMILES string of the molecule is CCNC(=O)C[C@@H]1N=C(c2ccc(Cl)cc2)c2cc(-c3cccnc3)ccc2-n2c(C)nnc21. The zero-order valence-electron chi connectivity index (χ0n) is 18.9. The van der Waals surface area contributed by atoms with Gasteiger partial charge in [-0.15, -0.1) is 10.2 Å². The lowest BCUT2D eigenvalue weighted by atomic mass is 9.96. The molecule has 34 heavy (non-hydrogen) atoms. The first-order valence-electron chi connectivity index (χ1n) is 11.1. The van der Waals surface area contributed by atoms with Crippen LogP contribution in [0.5, 0.6) is 0 Å². The molecule has 170 valence electrons. The average Bonchev–Trinajstić information content (AvgIpc) is 3.17. The van der Waals surface area contributed by atoms with E-state index in [9.17, 15) is 4.79 Å². The summed E-state index contributed by atoms with van der Waals surface area (Å²) in [5, 5.41) is 12.3. The van der Waals surface area contributed by atoms with Crippen LogP contribution in [0.4, 0.5) is 0 Å². The fourth-order valence-corrected chi connectivity index (χ4v) is 4.35. The first-order chi connectivity index (χ1) is 16.5. The van der Waals surface area contributed by atoms with E-state index in [0.717, 1.165) is 39.5 Å². The van der Waals surface area contributed by atoms with E-state index in [1.54, 1.807) is 6.20 Å². The third-order valence-electron chi connectivity index (χ3n) is 5.79. The smallest absolute Gasteiger partial charge is 0.222 e. The molecule has 2 aromatic carbocycles. The largest absolute Gasteiger partial charge is 0.356 e. The Kier molecular flexibility index (Phi) is 5.94. The minimum atomic E-state index is -0.493. The first-order valence-corrected chi connectivity index (χ1v) is 11.5. The van der Waals surface area contributed by atoms with Crippen LogP contribution in [0.2, 0.25) is 5.02 Å². The second kappa shape index (κ2) is 9.19. The molecule has 0 spiro atoms. The summed E-state index contributed by atoms with van der Waals surface area (Å²) in [4.78, 5) is 21.9. The number of fused-ring (bicyclic) bond motifs is 3. The lowest BCUT2D eigenvalue weighted by molar-refractivity contribution is -0.121. The van der Waals surface area contributed by atoms with Crippen molar-refractivity contribution in [1.29, 1.82) is 0 Å². The summed E-state index contributed by atoms with van der Waals surface area (Å²) in [5.41, 5.74) is 5.54. The maximum Gasteiger partial charge on any atom is 0.222 e. The van der Waals surface area contributed by atoms with Gasteiger partial charge in [-0.3, -0.25) is 19.3 Å². The van der Waals surface area contributed by atoms with E-state index in [2.05, 4.69) is 38.7 Å². The molecule has 1 N–H and O–H groups in total. The number of nitrogens with zero attached hydrogens (tertiary/aromatic N) is 5. The molecule has 0 aliphatic carbocycles. The normalized spacial score (nSPS) is 14.6. The van der Waals surface area contributed by atoms with Gasteiger partial charge in [0.2, 0.25) is 5.91 Å². The van der Waals surface area contributed by atoms with Crippen LogP contribution in [0.15, 0.2) is 72.0 Å². The lowest BCUT2D eigenvalue weighted by Gasteiger charge is -2.14. The van der Waals surface area contributed by atoms with Crippen molar-refractivity contribution in [2.45, 2.75) is 26.3 Å². The Morgan fingerprint density at radius 3 is 2.59 bits per heavy atom. The average molecular weight is 471 g/mol. The molecule has 1 amide bonds. The van der Waals surface area contributed by atoms with Gasteiger partial charge < -0.3 is 5.32 Å². The second-order valence-electron chi connectivity index (χ2n) is 8.07. The van der Waals surface area contributed by atoms with Crippen LogP contribution in [-0.4, -0.2) is 37.9 Å². The number of aryl methyl sites for hydroxylation is 1. The van der Waals surface area contributed by atoms with Crippen LogP contribution in [0.25, 0.3) is 16.8 Å². The molecule has 1 atom stereocenters. The maximum absolute atomic E-state index is 12.6. The second-order valence-corrected chi connectivity index (χ2v) is 8.51. The maximum atomic E-state index is 12.6. The number of rotatable bonds is 5. The van der Waals surface area contributed by atoms with Gasteiger partial charge in [0.05, 0.1) is 17.8 Å².